The molecule has 0 amide bonds. The van der Waals surface area contributed by atoms with E-state index in [2.05, 4.69) is 4.98 Å². The molecule has 0 bridgehead atoms. The zero-order chi connectivity index (χ0) is 17.3. The smallest absolute Gasteiger partial charge is 0.330 e. The lowest BCUT2D eigenvalue weighted by Gasteiger charge is -2.15. The number of hydrogen-bond donors (Lipinski definition) is 3. The highest BCUT2D eigenvalue weighted by atomic mass is 16.5. The van der Waals surface area contributed by atoms with Crippen LogP contribution in [0.5, 0.6) is 0 Å². The molecule has 3 rings (SSSR count). The van der Waals surface area contributed by atoms with Gasteiger partial charge in [-0.3, -0.25) is 19.1 Å². The molecule has 3 atom stereocenters. The summed E-state index contributed by atoms with van der Waals surface area (Å²) in [5.41, 5.74) is 0.0124. The summed E-state index contributed by atoms with van der Waals surface area (Å²) in [6.45, 7) is -0.365. The summed E-state index contributed by atoms with van der Waals surface area (Å²) in [5, 5.41) is 18.9. The van der Waals surface area contributed by atoms with E-state index in [1.54, 1.807) is 24.3 Å². The van der Waals surface area contributed by atoms with Gasteiger partial charge in [0.05, 0.1) is 18.3 Å². The Balaban J connectivity index is 2.01. The number of aromatic nitrogens is 2. The van der Waals surface area contributed by atoms with Crippen LogP contribution in [-0.2, 0) is 4.74 Å². The summed E-state index contributed by atoms with van der Waals surface area (Å²) in [6, 6.07) is 6.33. The van der Waals surface area contributed by atoms with Crippen molar-refractivity contribution < 1.29 is 19.7 Å². The van der Waals surface area contributed by atoms with E-state index >= 15 is 0 Å². The number of ether oxygens (including phenoxy) is 1. The third-order valence-corrected chi connectivity index (χ3v) is 4.02. The normalized spacial score (nSPS) is 23.3. The van der Waals surface area contributed by atoms with Crippen LogP contribution in [0.25, 0.3) is 11.1 Å². The van der Waals surface area contributed by atoms with Gasteiger partial charge in [-0.1, -0.05) is 24.3 Å². The maximum absolute atomic E-state index is 12.1. The van der Waals surface area contributed by atoms with Gasteiger partial charge in [-0.25, -0.2) is 4.79 Å². The number of nitrogens with zero attached hydrogens (tertiary/aromatic N) is 1. The molecule has 8 heteroatoms. The van der Waals surface area contributed by atoms with E-state index in [4.69, 9.17) is 9.84 Å². The van der Waals surface area contributed by atoms with Crippen LogP contribution in [0.2, 0.25) is 0 Å². The maximum Gasteiger partial charge on any atom is 0.330 e. The minimum absolute atomic E-state index is 0.126. The van der Waals surface area contributed by atoms with Crippen LogP contribution in [0.4, 0.5) is 0 Å². The van der Waals surface area contributed by atoms with Gasteiger partial charge in [-0.15, -0.1) is 0 Å². The van der Waals surface area contributed by atoms with Crippen molar-refractivity contribution in [2.75, 3.05) is 6.61 Å². The number of aliphatic hydroxyl groups is 2. The van der Waals surface area contributed by atoms with Gasteiger partial charge in [0, 0.05) is 18.2 Å². The molecule has 0 unspecified atom stereocenters. The molecule has 1 aliphatic heterocycles. The molecule has 8 nitrogen and oxygen atoms in total. The number of hydrogen-bond acceptors (Lipinski definition) is 6. The molecule has 2 heterocycles. The van der Waals surface area contributed by atoms with E-state index in [0.717, 1.165) is 0 Å². The number of H-pyrrole nitrogens is 1. The molecule has 1 fully saturated rings. The molecule has 0 aliphatic carbocycles. The predicted molar refractivity (Wildman–Crippen MR) is 83.8 cm³/mol. The van der Waals surface area contributed by atoms with E-state index in [1.165, 1.54) is 10.8 Å². The Bertz CT molecular complexity index is 854. The van der Waals surface area contributed by atoms with Gasteiger partial charge >= 0.3 is 5.69 Å². The van der Waals surface area contributed by atoms with Crippen molar-refractivity contribution in [3.63, 3.8) is 0 Å². The van der Waals surface area contributed by atoms with Gasteiger partial charge in [-0.05, 0) is 5.56 Å². The van der Waals surface area contributed by atoms with Gasteiger partial charge in [0.15, 0.2) is 0 Å². The highest BCUT2D eigenvalue weighted by Gasteiger charge is 2.35. The molecule has 0 radical (unpaired) electrons. The largest absolute Gasteiger partial charge is 0.394 e. The number of aliphatic hydroxyl groups excluding tert-OH is 2. The van der Waals surface area contributed by atoms with Crippen LogP contribution in [0, 0.1) is 0 Å². The van der Waals surface area contributed by atoms with E-state index in [1.807, 2.05) is 0 Å². The molecule has 1 aromatic carbocycles. The van der Waals surface area contributed by atoms with Gasteiger partial charge in [-0.2, -0.15) is 0 Å². The zero-order valence-electron chi connectivity index (χ0n) is 12.6. The summed E-state index contributed by atoms with van der Waals surface area (Å²) >= 11 is 0. The van der Waals surface area contributed by atoms with Crippen LogP contribution in [0.3, 0.4) is 0 Å². The monoisotopic (exact) mass is 332 g/mol. The quantitative estimate of drug-likeness (QED) is 0.658. The maximum atomic E-state index is 12.1. The third kappa shape index (κ3) is 2.94. The fourth-order valence-electron chi connectivity index (χ4n) is 2.70. The van der Waals surface area contributed by atoms with Crippen molar-refractivity contribution in [2.24, 2.45) is 0 Å². The Kier molecular flexibility index (Phi) is 4.43. The fraction of sp³-hybridized carbons (Fsp3) is 0.312. The lowest BCUT2D eigenvalue weighted by molar-refractivity contribution is -0.0458. The Hall–Kier alpha value is -2.55. The van der Waals surface area contributed by atoms with Gasteiger partial charge in [0.2, 0.25) is 0 Å². The van der Waals surface area contributed by atoms with Crippen LogP contribution in [0.1, 0.15) is 23.0 Å². The third-order valence-electron chi connectivity index (χ3n) is 4.02. The molecule has 0 spiro atoms. The highest BCUT2D eigenvalue weighted by Crippen LogP contribution is 2.28. The molecule has 0 saturated carbocycles. The minimum Gasteiger partial charge on any atom is -0.394 e. The molecule has 126 valence electrons. The lowest BCUT2D eigenvalue weighted by atomic mass is 10.1. The first-order valence-corrected chi connectivity index (χ1v) is 7.39. The number of benzene rings is 1. The van der Waals surface area contributed by atoms with Crippen molar-refractivity contribution in [2.45, 2.75) is 24.9 Å². The number of carbonyl (C=O) groups excluding carboxylic acids is 1. The number of aromatic amines is 1. The van der Waals surface area contributed by atoms with E-state index in [-0.39, 0.29) is 18.6 Å². The summed E-state index contributed by atoms with van der Waals surface area (Å²) in [5.74, 6) is 0. The second-order valence-corrected chi connectivity index (χ2v) is 5.56. The number of rotatable bonds is 4. The SMILES string of the molecule is O=Cc1ccc(-c2cn([C@H]3C[C@@H](O)[C@@H](CO)O3)c(=O)[nH]c2=O)cc1. The molecule has 1 aliphatic rings. The second-order valence-electron chi connectivity index (χ2n) is 5.56. The first-order valence-electron chi connectivity index (χ1n) is 7.39. The zero-order valence-corrected chi connectivity index (χ0v) is 12.6. The average Bonchev–Trinajstić information content (AvgIpc) is 2.96. The number of nitrogens with one attached hydrogen (secondary N) is 1. The molecule has 2 aromatic rings. The fourth-order valence-corrected chi connectivity index (χ4v) is 2.70. The van der Waals surface area contributed by atoms with Crippen LogP contribution in [0.15, 0.2) is 40.1 Å². The summed E-state index contributed by atoms with van der Waals surface area (Å²) in [6.07, 6.45) is -0.278. The van der Waals surface area contributed by atoms with Gasteiger partial charge in [0.25, 0.3) is 5.56 Å². The summed E-state index contributed by atoms with van der Waals surface area (Å²) < 4.78 is 6.64. The van der Waals surface area contributed by atoms with Crippen LogP contribution >= 0.6 is 0 Å². The van der Waals surface area contributed by atoms with E-state index in [9.17, 15) is 19.5 Å². The Morgan fingerprint density at radius 2 is 2.00 bits per heavy atom. The Morgan fingerprint density at radius 3 is 2.58 bits per heavy atom. The molecular formula is C16H16N2O6. The molecular weight excluding hydrogens is 316 g/mol. The number of aldehydes is 1. The highest BCUT2D eigenvalue weighted by molar-refractivity contribution is 5.76. The van der Waals surface area contributed by atoms with Crippen LogP contribution < -0.4 is 11.2 Å². The molecule has 24 heavy (non-hydrogen) atoms. The average molecular weight is 332 g/mol. The van der Waals surface area contributed by atoms with Gasteiger partial charge in [0.1, 0.15) is 18.6 Å². The molecule has 1 aromatic heterocycles. The predicted octanol–water partition coefficient (Wildman–Crippen LogP) is -0.343. The van der Waals surface area contributed by atoms with E-state index in [0.29, 0.717) is 17.4 Å². The Morgan fingerprint density at radius 1 is 1.29 bits per heavy atom. The molecule has 1 saturated heterocycles. The molecule has 3 N–H and O–H groups in total. The topological polar surface area (TPSA) is 122 Å². The Labute approximate surface area is 136 Å². The summed E-state index contributed by atoms with van der Waals surface area (Å²) in [7, 11) is 0. The first-order chi connectivity index (χ1) is 11.5. The van der Waals surface area contributed by atoms with Crippen molar-refractivity contribution in [1.82, 2.24) is 9.55 Å². The lowest BCUT2D eigenvalue weighted by Crippen LogP contribution is -2.33. The van der Waals surface area contributed by atoms with Crippen molar-refractivity contribution >= 4 is 6.29 Å². The van der Waals surface area contributed by atoms with Crippen molar-refractivity contribution in [1.29, 1.82) is 0 Å². The number of carbonyl (C=O) groups is 1. The van der Waals surface area contributed by atoms with E-state index < -0.39 is 29.7 Å². The second kappa shape index (κ2) is 6.52. The first kappa shape index (κ1) is 16.3. The van der Waals surface area contributed by atoms with Gasteiger partial charge < -0.3 is 14.9 Å². The van der Waals surface area contributed by atoms with Crippen LogP contribution in [-0.4, -0.2) is 44.9 Å². The van der Waals surface area contributed by atoms with Crippen molar-refractivity contribution in [3.8, 4) is 11.1 Å². The standard InChI is InChI=1S/C16H16N2O6/c19-7-9-1-3-10(4-2-9)11-6-18(16(23)17-15(11)22)14-5-12(21)13(8-20)24-14/h1-4,6-7,12-14,20-21H,5,8H2,(H,17,22,23)/t12-,13-,14-/m1/s1. The van der Waals surface area contributed by atoms with Crippen molar-refractivity contribution in [3.05, 3.63) is 56.9 Å². The summed E-state index contributed by atoms with van der Waals surface area (Å²) in [4.78, 5) is 37.1. The minimum atomic E-state index is -0.894.